The Hall–Kier alpha value is -2.30. The minimum Gasteiger partial charge on any atom is -0.356 e. The van der Waals surface area contributed by atoms with Crippen LogP contribution in [-0.4, -0.2) is 40.4 Å². The highest BCUT2D eigenvalue weighted by Gasteiger charge is 2.22. The number of nitrogens with zero attached hydrogens (tertiary/aromatic N) is 4. The molecule has 0 spiro atoms. The molecule has 2 heterocycles. The fraction of sp³-hybridized carbons (Fsp3) is 0.389. The summed E-state index contributed by atoms with van der Waals surface area (Å²) in [5.41, 5.74) is 1.44. The van der Waals surface area contributed by atoms with Crippen LogP contribution in [0.2, 0.25) is 0 Å². The second kappa shape index (κ2) is 7.98. The highest BCUT2D eigenvalue weighted by Crippen LogP contribution is 2.20. The summed E-state index contributed by atoms with van der Waals surface area (Å²) in [6.45, 7) is 6.06. The van der Waals surface area contributed by atoms with Crippen molar-refractivity contribution in [1.29, 1.82) is 0 Å². The molecule has 0 unspecified atom stereocenters. The Kier molecular flexibility index (Phi) is 5.82. The van der Waals surface area contributed by atoms with Gasteiger partial charge >= 0.3 is 0 Å². The number of hydrogen-bond acceptors (Lipinski definition) is 7. The lowest BCUT2D eigenvalue weighted by molar-refractivity contribution is 0.410. The molecule has 0 bridgehead atoms. The summed E-state index contributed by atoms with van der Waals surface area (Å²) in [5, 5.41) is 7.99. The quantitative estimate of drug-likeness (QED) is 0.629. The van der Waals surface area contributed by atoms with E-state index < -0.39 is 10.0 Å². The Morgan fingerprint density at radius 1 is 1.25 bits per heavy atom. The molecule has 28 heavy (non-hydrogen) atoms. The van der Waals surface area contributed by atoms with E-state index in [1.807, 2.05) is 20.8 Å². The van der Waals surface area contributed by atoms with E-state index in [0.717, 1.165) is 11.3 Å². The van der Waals surface area contributed by atoms with Crippen LogP contribution in [0.4, 0.5) is 5.13 Å². The van der Waals surface area contributed by atoms with Crippen LogP contribution in [0.3, 0.4) is 0 Å². The summed E-state index contributed by atoms with van der Waals surface area (Å²) in [6, 6.07) is 8.11. The van der Waals surface area contributed by atoms with Gasteiger partial charge in [0, 0.05) is 31.4 Å². The fourth-order valence-electron chi connectivity index (χ4n) is 2.51. The average molecular weight is 422 g/mol. The standard InChI is InChI=1S/C18H23N5O3S2/c1-5-14-10-16(24)23-18(20-14)27-17(21-23)19-11-13-6-8-15(9-7-13)28(25,26)22(4)12(2)3/h6-10,12H,5,11H2,1-4H3,(H,19,21). The van der Waals surface area contributed by atoms with Gasteiger partial charge in [0.25, 0.3) is 5.56 Å². The Morgan fingerprint density at radius 3 is 2.54 bits per heavy atom. The lowest BCUT2D eigenvalue weighted by Crippen LogP contribution is -2.33. The van der Waals surface area contributed by atoms with E-state index in [9.17, 15) is 13.2 Å². The lowest BCUT2D eigenvalue weighted by atomic mass is 10.2. The van der Waals surface area contributed by atoms with Crippen LogP contribution >= 0.6 is 11.3 Å². The molecule has 0 fully saturated rings. The van der Waals surface area contributed by atoms with Gasteiger partial charge < -0.3 is 5.32 Å². The molecule has 3 rings (SSSR count). The van der Waals surface area contributed by atoms with Crippen LogP contribution in [-0.2, 0) is 23.0 Å². The van der Waals surface area contributed by atoms with Gasteiger partial charge in [-0.1, -0.05) is 30.4 Å². The molecule has 2 aromatic heterocycles. The zero-order valence-electron chi connectivity index (χ0n) is 16.2. The summed E-state index contributed by atoms with van der Waals surface area (Å²) in [6.07, 6.45) is 0.688. The number of aryl methyl sites for hydroxylation is 1. The zero-order valence-corrected chi connectivity index (χ0v) is 17.8. The summed E-state index contributed by atoms with van der Waals surface area (Å²) < 4.78 is 27.6. The molecule has 3 aromatic rings. The van der Waals surface area contributed by atoms with Crippen molar-refractivity contribution < 1.29 is 8.42 Å². The van der Waals surface area contributed by atoms with Gasteiger partial charge in [0.15, 0.2) is 0 Å². The number of anilines is 1. The molecule has 0 aliphatic rings. The number of rotatable bonds is 7. The fourth-order valence-corrected chi connectivity index (χ4v) is 4.70. The van der Waals surface area contributed by atoms with Crippen molar-refractivity contribution in [2.45, 2.75) is 44.7 Å². The first-order valence-electron chi connectivity index (χ1n) is 8.93. The molecule has 10 heteroatoms. The van der Waals surface area contributed by atoms with Crippen molar-refractivity contribution in [1.82, 2.24) is 18.9 Å². The van der Waals surface area contributed by atoms with Crippen LogP contribution < -0.4 is 10.9 Å². The van der Waals surface area contributed by atoms with E-state index in [0.29, 0.717) is 23.1 Å². The minimum atomic E-state index is -3.49. The number of benzene rings is 1. The molecule has 150 valence electrons. The Labute approximate surface area is 167 Å². The van der Waals surface area contributed by atoms with Crippen LogP contribution in [0.1, 0.15) is 32.0 Å². The maximum Gasteiger partial charge on any atom is 0.275 e. The predicted molar refractivity (Wildman–Crippen MR) is 110 cm³/mol. The Balaban J connectivity index is 1.74. The third-order valence-corrected chi connectivity index (χ3v) is 7.35. The first-order chi connectivity index (χ1) is 13.2. The summed E-state index contributed by atoms with van der Waals surface area (Å²) in [5.74, 6) is 0. The van der Waals surface area contributed by atoms with Gasteiger partial charge in [-0.15, -0.1) is 5.10 Å². The van der Waals surface area contributed by atoms with Crippen molar-refractivity contribution in [3.05, 3.63) is 51.9 Å². The van der Waals surface area contributed by atoms with E-state index in [2.05, 4.69) is 15.4 Å². The van der Waals surface area contributed by atoms with Gasteiger partial charge in [-0.3, -0.25) is 4.79 Å². The smallest absolute Gasteiger partial charge is 0.275 e. The van der Waals surface area contributed by atoms with Gasteiger partial charge in [0.05, 0.1) is 4.90 Å². The normalized spacial score (nSPS) is 12.2. The van der Waals surface area contributed by atoms with Crippen LogP contribution in [0.15, 0.2) is 40.0 Å². The molecule has 0 atom stereocenters. The van der Waals surface area contributed by atoms with E-state index >= 15 is 0 Å². The Morgan fingerprint density at radius 2 is 1.93 bits per heavy atom. The highest BCUT2D eigenvalue weighted by atomic mass is 32.2. The average Bonchev–Trinajstić information content (AvgIpc) is 3.09. The van der Waals surface area contributed by atoms with Crippen LogP contribution in [0.25, 0.3) is 4.96 Å². The molecule has 0 radical (unpaired) electrons. The monoisotopic (exact) mass is 421 g/mol. The van der Waals surface area contributed by atoms with Gasteiger partial charge in [-0.25, -0.2) is 13.4 Å². The van der Waals surface area contributed by atoms with Crippen LogP contribution in [0, 0.1) is 0 Å². The van der Waals surface area contributed by atoms with Gasteiger partial charge in [0.2, 0.25) is 20.1 Å². The van der Waals surface area contributed by atoms with Crippen molar-refractivity contribution in [2.75, 3.05) is 12.4 Å². The lowest BCUT2D eigenvalue weighted by Gasteiger charge is -2.21. The number of fused-ring (bicyclic) bond motifs is 1. The van der Waals surface area contributed by atoms with Crippen molar-refractivity contribution >= 4 is 31.5 Å². The van der Waals surface area contributed by atoms with Crippen molar-refractivity contribution in [3.63, 3.8) is 0 Å². The summed E-state index contributed by atoms with van der Waals surface area (Å²) in [7, 11) is -1.92. The van der Waals surface area contributed by atoms with Crippen molar-refractivity contribution in [2.24, 2.45) is 0 Å². The van der Waals surface area contributed by atoms with Crippen molar-refractivity contribution in [3.8, 4) is 0 Å². The SMILES string of the molecule is CCc1cc(=O)n2nc(NCc3ccc(S(=O)(=O)N(C)C(C)C)cc3)sc2n1. The largest absolute Gasteiger partial charge is 0.356 e. The van der Waals surface area contributed by atoms with Gasteiger partial charge in [0.1, 0.15) is 0 Å². The summed E-state index contributed by atoms with van der Waals surface area (Å²) >= 11 is 1.30. The molecular formula is C18H23N5O3S2. The van der Waals surface area contributed by atoms with Gasteiger partial charge in [-0.2, -0.15) is 8.82 Å². The molecule has 8 nitrogen and oxygen atoms in total. The highest BCUT2D eigenvalue weighted by molar-refractivity contribution is 7.89. The second-order valence-corrected chi connectivity index (χ2v) is 9.61. The topological polar surface area (TPSA) is 96.7 Å². The minimum absolute atomic E-state index is 0.115. The third kappa shape index (κ3) is 4.08. The Bertz CT molecular complexity index is 1130. The van der Waals surface area contributed by atoms with E-state index in [1.54, 1.807) is 31.3 Å². The predicted octanol–water partition coefficient (Wildman–Crippen LogP) is 2.35. The molecular weight excluding hydrogens is 398 g/mol. The van der Waals surface area contributed by atoms with E-state index in [1.165, 1.54) is 26.2 Å². The second-order valence-electron chi connectivity index (χ2n) is 6.65. The maximum absolute atomic E-state index is 12.5. The molecule has 1 aromatic carbocycles. The van der Waals surface area contributed by atoms with Crippen LogP contribution in [0.5, 0.6) is 0 Å². The number of hydrogen-bond donors (Lipinski definition) is 1. The third-order valence-electron chi connectivity index (χ3n) is 4.43. The molecule has 0 aliphatic heterocycles. The van der Waals surface area contributed by atoms with E-state index in [-0.39, 0.29) is 16.5 Å². The number of aromatic nitrogens is 3. The molecule has 0 saturated carbocycles. The zero-order chi connectivity index (χ0) is 20.5. The van der Waals surface area contributed by atoms with E-state index in [4.69, 9.17) is 0 Å². The maximum atomic E-state index is 12.5. The number of sulfonamides is 1. The molecule has 0 aliphatic carbocycles. The number of nitrogens with one attached hydrogen (secondary N) is 1. The molecule has 0 saturated heterocycles. The van der Waals surface area contributed by atoms with Gasteiger partial charge in [-0.05, 0) is 38.0 Å². The molecule has 0 amide bonds. The molecule has 1 N–H and O–H groups in total. The first kappa shape index (κ1) is 20.4. The summed E-state index contributed by atoms with van der Waals surface area (Å²) in [4.78, 5) is 17.3. The first-order valence-corrected chi connectivity index (χ1v) is 11.2.